The summed E-state index contributed by atoms with van der Waals surface area (Å²) in [7, 11) is -2.95. The Morgan fingerprint density at radius 3 is 2.94 bits per heavy atom. The molecule has 1 amide bonds. The number of nitrogens with zero attached hydrogens (tertiary/aromatic N) is 2. The highest BCUT2D eigenvalue weighted by Crippen LogP contribution is 2.22. The standard InChI is InChI=1S/C10H12ClN3O3S/c11-10-12-3-1-8(14-10)13-9(15)5-7-2-4-18(16,17)6-7/h1,3,7H,2,4-6H2,(H,12,13,14,15). The van der Waals surface area contributed by atoms with Gasteiger partial charge in [0.2, 0.25) is 11.2 Å². The van der Waals surface area contributed by atoms with Crippen LogP contribution in [-0.2, 0) is 14.6 Å². The topological polar surface area (TPSA) is 89.0 Å². The smallest absolute Gasteiger partial charge is 0.225 e. The van der Waals surface area contributed by atoms with Gasteiger partial charge in [-0.1, -0.05) is 0 Å². The summed E-state index contributed by atoms with van der Waals surface area (Å²) in [6.07, 6.45) is 2.16. The molecule has 8 heteroatoms. The van der Waals surface area contributed by atoms with Gasteiger partial charge in [0.15, 0.2) is 9.84 Å². The van der Waals surface area contributed by atoms with Crippen LogP contribution in [0.2, 0.25) is 5.28 Å². The lowest BCUT2D eigenvalue weighted by Gasteiger charge is -2.07. The molecule has 1 aromatic rings. The molecular formula is C10H12ClN3O3S. The third kappa shape index (κ3) is 3.64. The fraction of sp³-hybridized carbons (Fsp3) is 0.500. The average molecular weight is 290 g/mol. The van der Waals surface area contributed by atoms with Crippen molar-refractivity contribution in [3.8, 4) is 0 Å². The van der Waals surface area contributed by atoms with Crippen LogP contribution in [-0.4, -0.2) is 35.8 Å². The van der Waals surface area contributed by atoms with Gasteiger partial charge < -0.3 is 5.32 Å². The van der Waals surface area contributed by atoms with Gasteiger partial charge in [-0.15, -0.1) is 0 Å². The molecule has 0 saturated carbocycles. The van der Waals surface area contributed by atoms with E-state index in [0.717, 1.165) is 0 Å². The number of halogens is 1. The maximum atomic E-state index is 11.7. The van der Waals surface area contributed by atoms with Crippen LogP contribution in [0.15, 0.2) is 12.3 Å². The highest BCUT2D eigenvalue weighted by atomic mass is 35.5. The molecule has 1 saturated heterocycles. The zero-order valence-corrected chi connectivity index (χ0v) is 11.0. The molecule has 18 heavy (non-hydrogen) atoms. The first-order chi connectivity index (χ1) is 8.44. The van der Waals surface area contributed by atoms with E-state index >= 15 is 0 Å². The Hall–Kier alpha value is -1.21. The number of carbonyl (C=O) groups excluding carboxylic acids is 1. The molecule has 1 aliphatic rings. The fourth-order valence-electron chi connectivity index (χ4n) is 1.89. The van der Waals surface area contributed by atoms with Crippen molar-refractivity contribution in [1.29, 1.82) is 0 Å². The van der Waals surface area contributed by atoms with E-state index in [1.165, 1.54) is 12.3 Å². The molecule has 2 rings (SSSR count). The SMILES string of the molecule is O=C(CC1CCS(=O)(=O)C1)Nc1ccnc(Cl)n1. The van der Waals surface area contributed by atoms with Crippen LogP contribution in [0.4, 0.5) is 5.82 Å². The summed E-state index contributed by atoms with van der Waals surface area (Å²) in [5.41, 5.74) is 0. The second kappa shape index (κ2) is 5.19. The number of hydrogen-bond acceptors (Lipinski definition) is 5. The molecule has 1 unspecified atom stereocenters. The van der Waals surface area contributed by atoms with Crippen molar-refractivity contribution in [3.63, 3.8) is 0 Å². The quantitative estimate of drug-likeness (QED) is 0.835. The first-order valence-corrected chi connectivity index (χ1v) is 7.63. The van der Waals surface area contributed by atoms with Crippen LogP contribution >= 0.6 is 11.6 Å². The van der Waals surface area contributed by atoms with Crippen molar-refractivity contribution < 1.29 is 13.2 Å². The van der Waals surface area contributed by atoms with Crippen molar-refractivity contribution in [2.75, 3.05) is 16.8 Å². The molecule has 0 aliphatic carbocycles. The summed E-state index contributed by atoms with van der Waals surface area (Å²) >= 11 is 5.58. The van der Waals surface area contributed by atoms with Crippen LogP contribution in [0.1, 0.15) is 12.8 Å². The van der Waals surface area contributed by atoms with E-state index in [1.807, 2.05) is 0 Å². The molecule has 1 N–H and O–H groups in total. The molecule has 1 atom stereocenters. The molecular weight excluding hydrogens is 278 g/mol. The minimum Gasteiger partial charge on any atom is -0.311 e. The van der Waals surface area contributed by atoms with E-state index in [0.29, 0.717) is 12.2 Å². The van der Waals surface area contributed by atoms with Crippen molar-refractivity contribution in [3.05, 3.63) is 17.5 Å². The molecule has 0 bridgehead atoms. The van der Waals surface area contributed by atoms with Gasteiger partial charge in [0.05, 0.1) is 11.5 Å². The third-order valence-corrected chi connectivity index (χ3v) is 4.71. The van der Waals surface area contributed by atoms with Gasteiger partial charge in [0.25, 0.3) is 0 Å². The van der Waals surface area contributed by atoms with E-state index in [1.54, 1.807) is 0 Å². The van der Waals surface area contributed by atoms with E-state index < -0.39 is 9.84 Å². The predicted octanol–water partition coefficient (Wildman–Crippen LogP) is 0.893. The Morgan fingerprint density at radius 1 is 1.56 bits per heavy atom. The highest BCUT2D eigenvalue weighted by Gasteiger charge is 2.29. The van der Waals surface area contributed by atoms with E-state index in [2.05, 4.69) is 15.3 Å². The summed E-state index contributed by atoms with van der Waals surface area (Å²) < 4.78 is 22.5. The van der Waals surface area contributed by atoms with E-state index in [-0.39, 0.29) is 35.0 Å². The van der Waals surface area contributed by atoms with Crippen LogP contribution in [0.5, 0.6) is 0 Å². The average Bonchev–Trinajstić information content (AvgIpc) is 2.57. The summed E-state index contributed by atoms with van der Waals surface area (Å²) in [6, 6.07) is 1.52. The van der Waals surface area contributed by atoms with Gasteiger partial charge >= 0.3 is 0 Å². The first-order valence-electron chi connectivity index (χ1n) is 5.43. The monoisotopic (exact) mass is 289 g/mol. The van der Waals surface area contributed by atoms with Crippen molar-refractivity contribution in [2.24, 2.45) is 5.92 Å². The summed E-state index contributed by atoms with van der Waals surface area (Å²) in [4.78, 5) is 19.2. The van der Waals surface area contributed by atoms with Crippen molar-refractivity contribution >= 4 is 33.2 Å². The number of nitrogens with one attached hydrogen (secondary N) is 1. The van der Waals surface area contributed by atoms with Gasteiger partial charge in [-0.3, -0.25) is 4.79 Å². The predicted molar refractivity (Wildman–Crippen MR) is 67.0 cm³/mol. The molecule has 6 nitrogen and oxygen atoms in total. The number of aromatic nitrogens is 2. The van der Waals surface area contributed by atoms with Gasteiger partial charge in [0.1, 0.15) is 5.82 Å². The third-order valence-electron chi connectivity index (χ3n) is 2.69. The van der Waals surface area contributed by atoms with Crippen LogP contribution in [0.3, 0.4) is 0 Å². The summed E-state index contributed by atoms with van der Waals surface area (Å²) in [6.45, 7) is 0. The maximum absolute atomic E-state index is 11.7. The molecule has 2 heterocycles. The van der Waals surface area contributed by atoms with E-state index in [4.69, 9.17) is 11.6 Å². The first kappa shape index (κ1) is 13.2. The van der Waals surface area contributed by atoms with Crippen molar-refractivity contribution in [2.45, 2.75) is 12.8 Å². The molecule has 0 radical (unpaired) electrons. The maximum Gasteiger partial charge on any atom is 0.225 e. The van der Waals surface area contributed by atoms with Gasteiger partial charge in [-0.25, -0.2) is 18.4 Å². The normalized spacial score (nSPS) is 21.7. The van der Waals surface area contributed by atoms with Crippen LogP contribution in [0, 0.1) is 5.92 Å². The molecule has 1 aliphatic heterocycles. The molecule has 0 spiro atoms. The Morgan fingerprint density at radius 2 is 2.33 bits per heavy atom. The molecule has 1 fully saturated rings. The number of sulfone groups is 1. The zero-order chi connectivity index (χ0) is 13.2. The lowest BCUT2D eigenvalue weighted by atomic mass is 10.1. The summed E-state index contributed by atoms with van der Waals surface area (Å²) in [5.74, 6) is 0.218. The number of anilines is 1. The largest absolute Gasteiger partial charge is 0.311 e. The Labute approximate surface area is 110 Å². The Balaban J connectivity index is 1.90. The second-order valence-electron chi connectivity index (χ2n) is 4.23. The fourth-order valence-corrected chi connectivity index (χ4v) is 3.90. The molecule has 0 aromatic carbocycles. The molecule has 98 valence electrons. The van der Waals surface area contributed by atoms with Gasteiger partial charge in [-0.05, 0) is 30.0 Å². The van der Waals surface area contributed by atoms with Gasteiger partial charge in [0, 0.05) is 12.6 Å². The Bertz CT molecular complexity index is 561. The Kier molecular flexibility index (Phi) is 3.82. The zero-order valence-electron chi connectivity index (χ0n) is 9.47. The van der Waals surface area contributed by atoms with E-state index in [9.17, 15) is 13.2 Å². The second-order valence-corrected chi connectivity index (χ2v) is 6.80. The number of carbonyl (C=O) groups is 1. The van der Waals surface area contributed by atoms with Crippen LogP contribution < -0.4 is 5.32 Å². The minimum atomic E-state index is -2.95. The number of amides is 1. The van der Waals surface area contributed by atoms with Crippen LogP contribution in [0.25, 0.3) is 0 Å². The van der Waals surface area contributed by atoms with Gasteiger partial charge in [-0.2, -0.15) is 0 Å². The lowest BCUT2D eigenvalue weighted by Crippen LogP contribution is -2.18. The number of hydrogen-bond donors (Lipinski definition) is 1. The summed E-state index contributed by atoms with van der Waals surface area (Å²) in [5, 5.41) is 2.62. The lowest BCUT2D eigenvalue weighted by molar-refractivity contribution is -0.116. The minimum absolute atomic E-state index is 0.0521. The highest BCUT2D eigenvalue weighted by molar-refractivity contribution is 7.91. The number of rotatable bonds is 3. The molecule has 1 aromatic heterocycles. The van der Waals surface area contributed by atoms with Crippen molar-refractivity contribution in [1.82, 2.24) is 9.97 Å².